The summed E-state index contributed by atoms with van der Waals surface area (Å²) < 4.78 is 0. The summed E-state index contributed by atoms with van der Waals surface area (Å²) in [5, 5.41) is 0. The molecule has 0 N–H and O–H groups in total. The summed E-state index contributed by atoms with van der Waals surface area (Å²) in [6.45, 7) is 9.16. The van der Waals surface area contributed by atoms with Crippen molar-refractivity contribution < 1.29 is 0 Å². The van der Waals surface area contributed by atoms with Gasteiger partial charge in [0, 0.05) is 0 Å². The SMILES string of the molecule is [CH]=CC=CC=C(C)C. The first-order valence-electron chi connectivity index (χ1n) is 2.62. The molecule has 0 saturated carbocycles. The molecule has 0 nitrogen and oxygen atoms in total. The molecule has 0 aromatic rings. The highest BCUT2D eigenvalue weighted by Crippen LogP contribution is 1.87. The standard InChI is InChI=1S/C8H11/c1-4-5-6-7-8(2)3/h1,4-7H,2-3H3. The molecule has 0 aliphatic carbocycles. The van der Waals surface area contributed by atoms with E-state index in [9.17, 15) is 0 Å². The summed E-state index contributed by atoms with van der Waals surface area (Å²) in [6, 6.07) is 0. The van der Waals surface area contributed by atoms with Crippen molar-refractivity contribution in [1.29, 1.82) is 0 Å². The second-order valence-electron chi connectivity index (χ2n) is 1.82. The molecule has 0 saturated heterocycles. The van der Waals surface area contributed by atoms with Gasteiger partial charge in [-0.25, -0.2) is 0 Å². The van der Waals surface area contributed by atoms with Gasteiger partial charge < -0.3 is 0 Å². The molecule has 0 aromatic heterocycles. The van der Waals surface area contributed by atoms with Gasteiger partial charge in [0.1, 0.15) is 0 Å². The number of hydrogen-bond acceptors (Lipinski definition) is 0. The van der Waals surface area contributed by atoms with Crippen LogP contribution < -0.4 is 0 Å². The molecule has 0 bridgehead atoms. The van der Waals surface area contributed by atoms with Crippen molar-refractivity contribution in [3.8, 4) is 0 Å². The van der Waals surface area contributed by atoms with Crippen LogP contribution in [-0.4, -0.2) is 0 Å². The Labute approximate surface area is 51.2 Å². The maximum Gasteiger partial charge on any atom is -0.0439 e. The molecular formula is C8H11. The lowest BCUT2D eigenvalue weighted by Gasteiger charge is -1.78. The van der Waals surface area contributed by atoms with E-state index in [-0.39, 0.29) is 0 Å². The van der Waals surface area contributed by atoms with Crippen molar-refractivity contribution in [2.75, 3.05) is 0 Å². The lowest BCUT2D eigenvalue weighted by atomic mass is 10.3. The molecule has 0 unspecified atom stereocenters. The lowest BCUT2D eigenvalue weighted by Crippen LogP contribution is -1.56. The molecule has 0 fully saturated rings. The summed E-state index contributed by atoms with van der Waals surface area (Å²) in [6.07, 6.45) is 7.23. The third-order valence-corrected chi connectivity index (χ3v) is 0.652. The summed E-state index contributed by atoms with van der Waals surface area (Å²) in [5.41, 5.74) is 1.28. The Morgan fingerprint density at radius 3 is 2.25 bits per heavy atom. The maximum absolute atomic E-state index is 5.07. The molecular weight excluding hydrogens is 96.1 g/mol. The minimum Gasteiger partial charge on any atom is -0.0764 e. The third kappa shape index (κ3) is 5.22. The monoisotopic (exact) mass is 107 g/mol. The van der Waals surface area contributed by atoms with E-state index in [2.05, 4.69) is 0 Å². The van der Waals surface area contributed by atoms with Crippen LogP contribution in [0.1, 0.15) is 13.8 Å². The Morgan fingerprint density at radius 2 is 1.88 bits per heavy atom. The molecule has 0 heteroatoms. The Hall–Kier alpha value is -0.780. The van der Waals surface area contributed by atoms with Crippen molar-refractivity contribution in [2.24, 2.45) is 0 Å². The fraction of sp³-hybridized carbons (Fsp3) is 0.250. The number of rotatable bonds is 2. The Balaban J connectivity index is 3.57. The topological polar surface area (TPSA) is 0 Å². The summed E-state index contributed by atoms with van der Waals surface area (Å²) in [4.78, 5) is 0. The van der Waals surface area contributed by atoms with E-state index in [1.54, 1.807) is 6.08 Å². The van der Waals surface area contributed by atoms with Gasteiger partial charge in [-0.2, -0.15) is 0 Å². The average Bonchev–Trinajstić information content (AvgIpc) is 1.66. The zero-order valence-electron chi connectivity index (χ0n) is 5.39. The molecule has 0 aromatic carbocycles. The summed E-state index contributed by atoms with van der Waals surface area (Å²) in [7, 11) is 0. The Kier molecular flexibility index (Phi) is 3.95. The zero-order chi connectivity index (χ0) is 6.41. The van der Waals surface area contributed by atoms with E-state index in [1.165, 1.54) is 11.6 Å². The first kappa shape index (κ1) is 7.22. The van der Waals surface area contributed by atoms with E-state index < -0.39 is 0 Å². The number of allylic oxidation sites excluding steroid dienone is 5. The van der Waals surface area contributed by atoms with Gasteiger partial charge in [0.2, 0.25) is 0 Å². The van der Waals surface area contributed by atoms with Gasteiger partial charge in [-0.3, -0.25) is 0 Å². The predicted octanol–water partition coefficient (Wildman–Crippen LogP) is 2.50. The minimum atomic E-state index is 1.28. The molecule has 0 amide bonds. The predicted molar refractivity (Wildman–Crippen MR) is 37.4 cm³/mol. The molecule has 0 aliphatic heterocycles. The van der Waals surface area contributed by atoms with Crippen molar-refractivity contribution in [2.45, 2.75) is 13.8 Å². The zero-order valence-corrected chi connectivity index (χ0v) is 5.39. The molecule has 1 radical (unpaired) electrons. The maximum atomic E-state index is 5.07. The van der Waals surface area contributed by atoms with Gasteiger partial charge in [0.15, 0.2) is 0 Å². The third-order valence-electron chi connectivity index (χ3n) is 0.652. The van der Waals surface area contributed by atoms with Crippen LogP contribution in [0.25, 0.3) is 0 Å². The van der Waals surface area contributed by atoms with Crippen LogP contribution in [0.2, 0.25) is 0 Å². The first-order valence-corrected chi connectivity index (χ1v) is 2.62. The fourth-order valence-electron chi connectivity index (χ4n) is 0.312. The molecule has 0 heterocycles. The van der Waals surface area contributed by atoms with Gasteiger partial charge in [0.25, 0.3) is 0 Å². The van der Waals surface area contributed by atoms with Gasteiger partial charge in [-0.15, -0.1) is 0 Å². The number of hydrogen-bond donors (Lipinski definition) is 0. The van der Waals surface area contributed by atoms with Gasteiger partial charge >= 0.3 is 0 Å². The van der Waals surface area contributed by atoms with E-state index in [1.807, 2.05) is 26.0 Å². The molecule has 0 aliphatic rings. The van der Waals surface area contributed by atoms with Crippen LogP contribution in [0.5, 0.6) is 0 Å². The van der Waals surface area contributed by atoms with E-state index in [0.717, 1.165) is 0 Å². The quantitative estimate of drug-likeness (QED) is 0.475. The van der Waals surface area contributed by atoms with Gasteiger partial charge in [-0.05, 0) is 13.8 Å². The van der Waals surface area contributed by atoms with E-state index in [4.69, 9.17) is 6.58 Å². The highest BCUT2D eigenvalue weighted by molar-refractivity contribution is 5.11. The van der Waals surface area contributed by atoms with Crippen LogP contribution in [0.4, 0.5) is 0 Å². The van der Waals surface area contributed by atoms with Crippen LogP contribution >= 0.6 is 0 Å². The largest absolute Gasteiger partial charge is 0.0764 e. The molecule has 0 rings (SSSR count). The van der Waals surface area contributed by atoms with Crippen molar-refractivity contribution in [3.63, 3.8) is 0 Å². The normalized spacial score (nSPS) is 9.25. The van der Waals surface area contributed by atoms with Crippen LogP contribution in [0.3, 0.4) is 0 Å². The highest BCUT2D eigenvalue weighted by atomic mass is 13.7. The summed E-state index contributed by atoms with van der Waals surface area (Å²) in [5.74, 6) is 0. The van der Waals surface area contributed by atoms with Crippen LogP contribution in [-0.2, 0) is 0 Å². The average molecular weight is 107 g/mol. The van der Waals surface area contributed by atoms with Gasteiger partial charge in [0.05, 0.1) is 0 Å². The summed E-state index contributed by atoms with van der Waals surface area (Å²) >= 11 is 0. The van der Waals surface area contributed by atoms with E-state index >= 15 is 0 Å². The van der Waals surface area contributed by atoms with Crippen molar-refractivity contribution >= 4 is 0 Å². The molecule has 8 heavy (non-hydrogen) atoms. The molecule has 0 atom stereocenters. The Morgan fingerprint density at radius 1 is 1.25 bits per heavy atom. The smallest absolute Gasteiger partial charge is 0.0439 e. The second kappa shape index (κ2) is 4.38. The second-order valence-corrected chi connectivity index (χ2v) is 1.82. The van der Waals surface area contributed by atoms with Crippen LogP contribution in [0.15, 0.2) is 29.9 Å². The van der Waals surface area contributed by atoms with Crippen LogP contribution in [0, 0.1) is 6.58 Å². The van der Waals surface area contributed by atoms with E-state index in [0.29, 0.717) is 0 Å². The van der Waals surface area contributed by atoms with Gasteiger partial charge in [-0.1, -0.05) is 36.5 Å². The molecule has 43 valence electrons. The molecule has 0 spiro atoms. The highest BCUT2D eigenvalue weighted by Gasteiger charge is 1.66. The van der Waals surface area contributed by atoms with Crippen molar-refractivity contribution in [1.82, 2.24) is 0 Å². The Bertz CT molecular complexity index is 112. The minimum absolute atomic E-state index is 1.28. The van der Waals surface area contributed by atoms with Crippen molar-refractivity contribution in [3.05, 3.63) is 36.5 Å². The fourth-order valence-corrected chi connectivity index (χ4v) is 0.312. The lowest BCUT2D eigenvalue weighted by molar-refractivity contribution is 1.39. The first-order chi connectivity index (χ1) is 3.77.